The quantitative estimate of drug-likeness (QED) is 0.517. The van der Waals surface area contributed by atoms with Crippen molar-refractivity contribution in [2.45, 2.75) is 0 Å². The van der Waals surface area contributed by atoms with Gasteiger partial charge in [-0.2, -0.15) is 0 Å². The number of hydrogen-bond acceptors (Lipinski definition) is 5. The number of nitrogens with one attached hydrogen (secondary N) is 1. The van der Waals surface area contributed by atoms with E-state index in [1.807, 2.05) is 0 Å². The summed E-state index contributed by atoms with van der Waals surface area (Å²) in [5.74, 6) is -0.432. The molecular formula is C11H6BrClN4O3. The summed E-state index contributed by atoms with van der Waals surface area (Å²) in [6.45, 7) is 0. The molecule has 2 aromatic rings. The number of amides is 1. The number of halogens is 2. The third-order valence-electron chi connectivity index (χ3n) is 2.26. The van der Waals surface area contributed by atoms with Gasteiger partial charge in [0.05, 0.1) is 4.92 Å². The smallest absolute Gasteiger partial charge is 0.306 e. The standard InChI is InChI=1S/C11H6BrClN4O3/c12-7-2-1-3-8(15-7)16-11(18)6-4-5-14-10(13)9(6)17(19)20/h1-5H,(H,15,16,18). The maximum Gasteiger partial charge on any atom is 0.319 e. The first-order valence-corrected chi connectivity index (χ1v) is 6.39. The van der Waals surface area contributed by atoms with Crippen LogP contribution in [0.4, 0.5) is 11.5 Å². The van der Waals surface area contributed by atoms with Gasteiger partial charge < -0.3 is 5.32 Å². The minimum Gasteiger partial charge on any atom is -0.306 e. The summed E-state index contributed by atoms with van der Waals surface area (Å²) in [6.07, 6.45) is 1.22. The van der Waals surface area contributed by atoms with Crippen LogP contribution in [0.2, 0.25) is 5.15 Å². The highest BCUT2D eigenvalue weighted by Crippen LogP contribution is 2.26. The van der Waals surface area contributed by atoms with Crippen LogP contribution in [-0.4, -0.2) is 20.8 Å². The van der Waals surface area contributed by atoms with Crippen LogP contribution in [0.5, 0.6) is 0 Å². The molecule has 1 amide bonds. The molecule has 0 saturated carbocycles. The van der Waals surface area contributed by atoms with Crippen LogP contribution in [0.3, 0.4) is 0 Å². The first-order chi connectivity index (χ1) is 9.49. The number of nitrogens with zero attached hydrogens (tertiary/aromatic N) is 3. The van der Waals surface area contributed by atoms with E-state index in [2.05, 4.69) is 31.2 Å². The average molecular weight is 358 g/mol. The van der Waals surface area contributed by atoms with E-state index >= 15 is 0 Å². The van der Waals surface area contributed by atoms with Crippen LogP contribution in [0.1, 0.15) is 10.4 Å². The van der Waals surface area contributed by atoms with Crippen molar-refractivity contribution in [2.24, 2.45) is 0 Å². The van der Waals surface area contributed by atoms with Crippen LogP contribution in [0.25, 0.3) is 0 Å². The highest BCUT2D eigenvalue weighted by Gasteiger charge is 2.25. The number of carbonyl (C=O) groups is 1. The van der Waals surface area contributed by atoms with E-state index in [1.165, 1.54) is 12.3 Å². The lowest BCUT2D eigenvalue weighted by Gasteiger charge is -2.05. The van der Waals surface area contributed by atoms with Crippen molar-refractivity contribution >= 4 is 44.9 Å². The van der Waals surface area contributed by atoms with Gasteiger partial charge in [0.15, 0.2) is 0 Å². The molecule has 0 radical (unpaired) electrons. The molecule has 0 spiro atoms. The third-order valence-corrected chi connectivity index (χ3v) is 2.98. The predicted octanol–water partition coefficient (Wildman–Crippen LogP) is 3.05. The Balaban J connectivity index is 2.35. The summed E-state index contributed by atoms with van der Waals surface area (Å²) in [4.78, 5) is 29.8. The summed E-state index contributed by atoms with van der Waals surface area (Å²) in [6, 6.07) is 6.12. The Morgan fingerprint density at radius 3 is 2.80 bits per heavy atom. The summed E-state index contributed by atoms with van der Waals surface area (Å²) in [5, 5.41) is 13.0. The lowest BCUT2D eigenvalue weighted by molar-refractivity contribution is -0.385. The molecule has 0 aliphatic heterocycles. The van der Waals surface area contributed by atoms with Crippen molar-refractivity contribution < 1.29 is 9.72 Å². The number of hydrogen-bond donors (Lipinski definition) is 1. The van der Waals surface area contributed by atoms with Gasteiger partial charge in [0, 0.05) is 6.20 Å². The Kier molecular flexibility index (Phi) is 4.26. The molecule has 0 bridgehead atoms. The van der Waals surface area contributed by atoms with Gasteiger partial charge in [0.25, 0.3) is 5.91 Å². The maximum absolute atomic E-state index is 12.0. The fraction of sp³-hybridized carbons (Fsp3) is 0. The molecular weight excluding hydrogens is 352 g/mol. The maximum atomic E-state index is 12.0. The molecule has 0 aromatic carbocycles. The topological polar surface area (TPSA) is 98.0 Å². The van der Waals surface area contributed by atoms with Crippen LogP contribution < -0.4 is 5.32 Å². The molecule has 2 heterocycles. The number of anilines is 1. The second kappa shape index (κ2) is 5.93. The fourth-order valence-corrected chi connectivity index (χ4v) is 2.02. The van der Waals surface area contributed by atoms with Crippen LogP contribution in [-0.2, 0) is 0 Å². The number of aromatic nitrogens is 2. The van der Waals surface area contributed by atoms with Crippen molar-refractivity contribution in [3.8, 4) is 0 Å². The van der Waals surface area contributed by atoms with Gasteiger partial charge >= 0.3 is 5.69 Å². The second-order valence-corrected chi connectivity index (χ2v) is 4.73. The van der Waals surface area contributed by atoms with E-state index in [1.54, 1.807) is 18.2 Å². The predicted molar refractivity (Wildman–Crippen MR) is 75.8 cm³/mol. The van der Waals surface area contributed by atoms with Gasteiger partial charge in [-0.1, -0.05) is 17.7 Å². The molecule has 1 N–H and O–H groups in total. The summed E-state index contributed by atoms with van der Waals surface area (Å²) >= 11 is 8.80. The number of carbonyl (C=O) groups excluding carboxylic acids is 1. The highest BCUT2D eigenvalue weighted by molar-refractivity contribution is 9.10. The molecule has 0 saturated heterocycles. The van der Waals surface area contributed by atoms with Gasteiger partial charge in [-0.05, 0) is 34.1 Å². The van der Waals surface area contributed by atoms with Crippen LogP contribution in [0.15, 0.2) is 35.1 Å². The molecule has 0 aliphatic carbocycles. The first kappa shape index (κ1) is 14.4. The second-order valence-electron chi connectivity index (χ2n) is 3.55. The van der Waals surface area contributed by atoms with Gasteiger partial charge in [-0.15, -0.1) is 0 Å². The summed E-state index contributed by atoms with van der Waals surface area (Å²) in [7, 11) is 0. The van der Waals surface area contributed by atoms with Crippen LogP contribution in [0, 0.1) is 10.1 Å². The number of pyridine rings is 2. The average Bonchev–Trinajstić information content (AvgIpc) is 2.37. The largest absolute Gasteiger partial charge is 0.319 e. The van der Waals surface area contributed by atoms with E-state index in [-0.39, 0.29) is 16.5 Å². The zero-order valence-corrected chi connectivity index (χ0v) is 12.1. The Morgan fingerprint density at radius 1 is 1.40 bits per heavy atom. The molecule has 7 nitrogen and oxygen atoms in total. The van der Waals surface area contributed by atoms with Crippen molar-refractivity contribution in [3.63, 3.8) is 0 Å². The molecule has 0 unspecified atom stereocenters. The molecule has 2 aromatic heterocycles. The SMILES string of the molecule is O=C(Nc1cccc(Br)n1)c1ccnc(Cl)c1[N+](=O)[O-]. The fourth-order valence-electron chi connectivity index (χ4n) is 1.45. The summed E-state index contributed by atoms with van der Waals surface area (Å²) < 4.78 is 0.526. The van der Waals surface area contributed by atoms with E-state index in [9.17, 15) is 14.9 Å². The zero-order valence-electron chi connectivity index (χ0n) is 9.71. The summed E-state index contributed by atoms with van der Waals surface area (Å²) in [5.41, 5.74) is -0.724. The molecule has 102 valence electrons. The van der Waals surface area contributed by atoms with Crippen molar-refractivity contribution in [1.82, 2.24) is 9.97 Å². The van der Waals surface area contributed by atoms with Crippen molar-refractivity contribution in [3.05, 3.63) is 55.9 Å². The minimum atomic E-state index is -0.751. The third kappa shape index (κ3) is 3.09. The molecule has 0 atom stereocenters. The van der Waals surface area contributed by atoms with Crippen molar-refractivity contribution in [2.75, 3.05) is 5.32 Å². The minimum absolute atomic E-state index is 0.184. The molecule has 2 rings (SSSR count). The molecule has 0 fully saturated rings. The van der Waals surface area contributed by atoms with E-state index < -0.39 is 16.5 Å². The monoisotopic (exact) mass is 356 g/mol. The van der Waals surface area contributed by atoms with Crippen molar-refractivity contribution in [1.29, 1.82) is 0 Å². The number of nitro groups is 1. The Hall–Kier alpha value is -2.06. The highest BCUT2D eigenvalue weighted by atomic mass is 79.9. The lowest BCUT2D eigenvalue weighted by Crippen LogP contribution is -2.15. The van der Waals surface area contributed by atoms with E-state index in [4.69, 9.17) is 11.6 Å². The zero-order chi connectivity index (χ0) is 14.7. The number of rotatable bonds is 3. The Labute approximate surface area is 126 Å². The normalized spacial score (nSPS) is 10.1. The molecule has 0 aliphatic rings. The Bertz CT molecular complexity index is 695. The molecule has 9 heteroatoms. The van der Waals surface area contributed by atoms with Gasteiger partial charge in [0.2, 0.25) is 5.15 Å². The lowest BCUT2D eigenvalue weighted by atomic mass is 10.2. The van der Waals surface area contributed by atoms with Gasteiger partial charge in [-0.25, -0.2) is 9.97 Å². The Morgan fingerprint density at radius 2 is 2.15 bits per heavy atom. The first-order valence-electron chi connectivity index (χ1n) is 5.22. The van der Waals surface area contributed by atoms with Gasteiger partial charge in [0.1, 0.15) is 16.0 Å². The van der Waals surface area contributed by atoms with E-state index in [0.717, 1.165) is 0 Å². The van der Waals surface area contributed by atoms with E-state index in [0.29, 0.717) is 4.60 Å². The van der Waals surface area contributed by atoms with Gasteiger partial charge in [-0.3, -0.25) is 14.9 Å². The van der Waals surface area contributed by atoms with Crippen LogP contribution >= 0.6 is 27.5 Å². The molecule has 20 heavy (non-hydrogen) atoms.